The van der Waals surface area contributed by atoms with Crippen LogP contribution in [0.1, 0.15) is 15.9 Å². The molecule has 23 heavy (non-hydrogen) atoms. The summed E-state index contributed by atoms with van der Waals surface area (Å²) in [6.45, 7) is 0.0470. The molecule has 0 aromatic heterocycles. The normalized spacial score (nSPS) is 10.2. The molecule has 4 nitrogen and oxygen atoms in total. The summed E-state index contributed by atoms with van der Waals surface area (Å²) in [5.74, 6) is -1.51. The molecule has 0 spiro atoms. The quantitative estimate of drug-likeness (QED) is 0.826. The SMILES string of the molecule is O=C(COC(=O)c1ccc(F)cc1)NCCc1ccc(Cl)cc1. The van der Waals surface area contributed by atoms with Crippen molar-refractivity contribution in [2.45, 2.75) is 6.42 Å². The Kier molecular flexibility index (Phi) is 6.11. The summed E-state index contributed by atoms with van der Waals surface area (Å²) in [6, 6.07) is 12.2. The number of hydrogen-bond acceptors (Lipinski definition) is 3. The van der Waals surface area contributed by atoms with Crippen LogP contribution < -0.4 is 5.32 Å². The smallest absolute Gasteiger partial charge is 0.338 e. The summed E-state index contributed by atoms with van der Waals surface area (Å²) in [4.78, 5) is 23.3. The van der Waals surface area contributed by atoms with Crippen LogP contribution in [0.15, 0.2) is 48.5 Å². The van der Waals surface area contributed by atoms with Crippen molar-refractivity contribution in [3.8, 4) is 0 Å². The fourth-order valence-corrected chi connectivity index (χ4v) is 1.97. The van der Waals surface area contributed by atoms with Gasteiger partial charge in [0.1, 0.15) is 5.82 Å². The van der Waals surface area contributed by atoms with Gasteiger partial charge < -0.3 is 10.1 Å². The molecular weight excluding hydrogens is 321 g/mol. The summed E-state index contributed by atoms with van der Waals surface area (Å²) in [7, 11) is 0. The van der Waals surface area contributed by atoms with Crippen molar-refractivity contribution in [1.82, 2.24) is 5.32 Å². The van der Waals surface area contributed by atoms with Gasteiger partial charge in [0.05, 0.1) is 5.56 Å². The van der Waals surface area contributed by atoms with Crippen molar-refractivity contribution in [2.75, 3.05) is 13.2 Å². The van der Waals surface area contributed by atoms with E-state index in [9.17, 15) is 14.0 Å². The number of ether oxygens (including phenoxy) is 1. The van der Waals surface area contributed by atoms with Crippen molar-refractivity contribution >= 4 is 23.5 Å². The van der Waals surface area contributed by atoms with E-state index < -0.39 is 17.7 Å². The van der Waals surface area contributed by atoms with Crippen LogP contribution in [0.3, 0.4) is 0 Å². The molecule has 1 amide bonds. The van der Waals surface area contributed by atoms with Gasteiger partial charge in [0, 0.05) is 11.6 Å². The average molecular weight is 336 g/mol. The highest BCUT2D eigenvalue weighted by atomic mass is 35.5. The van der Waals surface area contributed by atoms with Crippen LogP contribution in [0.25, 0.3) is 0 Å². The van der Waals surface area contributed by atoms with Gasteiger partial charge in [-0.25, -0.2) is 9.18 Å². The van der Waals surface area contributed by atoms with E-state index in [-0.39, 0.29) is 12.2 Å². The van der Waals surface area contributed by atoms with Gasteiger partial charge in [-0.1, -0.05) is 23.7 Å². The minimum atomic E-state index is -0.669. The molecule has 2 aromatic carbocycles. The molecule has 0 radical (unpaired) electrons. The van der Waals surface area contributed by atoms with E-state index in [1.54, 1.807) is 12.1 Å². The highest BCUT2D eigenvalue weighted by Gasteiger charge is 2.09. The lowest BCUT2D eigenvalue weighted by Crippen LogP contribution is -2.30. The zero-order chi connectivity index (χ0) is 16.7. The van der Waals surface area contributed by atoms with Gasteiger partial charge in [0.15, 0.2) is 6.61 Å². The third-order valence-corrected chi connectivity index (χ3v) is 3.32. The molecular formula is C17H15ClFNO3. The van der Waals surface area contributed by atoms with E-state index >= 15 is 0 Å². The second kappa shape index (κ2) is 8.29. The van der Waals surface area contributed by atoms with Gasteiger partial charge >= 0.3 is 5.97 Å². The van der Waals surface area contributed by atoms with E-state index in [0.29, 0.717) is 18.0 Å². The first-order chi connectivity index (χ1) is 11.0. The van der Waals surface area contributed by atoms with Gasteiger partial charge in [-0.15, -0.1) is 0 Å². The van der Waals surface area contributed by atoms with Crippen LogP contribution in [0.2, 0.25) is 5.02 Å². The van der Waals surface area contributed by atoms with Gasteiger partial charge in [0.2, 0.25) is 0 Å². The lowest BCUT2D eigenvalue weighted by Gasteiger charge is -2.07. The number of benzene rings is 2. The van der Waals surface area contributed by atoms with E-state index in [4.69, 9.17) is 16.3 Å². The third kappa shape index (κ3) is 5.71. The largest absolute Gasteiger partial charge is 0.452 e. The first kappa shape index (κ1) is 17.0. The van der Waals surface area contributed by atoms with Crippen LogP contribution in [-0.4, -0.2) is 25.0 Å². The van der Waals surface area contributed by atoms with E-state index in [1.165, 1.54) is 12.1 Å². The molecule has 0 atom stereocenters. The predicted molar refractivity (Wildman–Crippen MR) is 84.8 cm³/mol. The van der Waals surface area contributed by atoms with Crippen LogP contribution in [-0.2, 0) is 16.0 Å². The van der Waals surface area contributed by atoms with Crippen LogP contribution in [0, 0.1) is 5.82 Å². The number of carbonyl (C=O) groups is 2. The maximum atomic E-state index is 12.7. The molecule has 1 N–H and O–H groups in total. The molecule has 0 heterocycles. The Morgan fingerprint density at radius 2 is 1.70 bits per heavy atom. The van der Waals surface area contributed by atoms with Crippen molar-refractivity contribution < 1.29 is 18.7 Å². The Morgan fingerprint density at radius 3 is 2.35 bits per heavy atom. The maximum Gasteiger partial charge on any atom is 0.338 e. The first-order valence-corrected chi connectivity index (χ1v) is 7.36. The average Bonchev–Trinajstić information content (AvgIpc) is 2.55. The summed E-state index contributed by atoms with van der Waals surface area (Å²) in [5, 5.41) is 3.31. The highest BCUT2D eigenvalue weighted by Crippen LogP contribution is 2.09. The van der Waals surface area contributed by atoms with E-state index in [2.05, 4.69) is 5.32 Å². The number of nitrogens with one attached hydrogen (secondary N) is 1. The fourth-order valence-electron chi connectivity index (χ4n) is 1.85. The van der Waals surface area contributed by atoms with Crippen molar-refractivity contribution in [2.24, 2.45) is 0 Å². The van der Waals surface area contributed by atoms with Gasteiger partial charge in [0.25, 0.3) is 5.91 Å². The second-order valence-electron chi connectivity index (χ2n) is 4.81. The number of rotatable bonds is 6. The molecule has 0 aliphatic carbocycles. The Morgan fingerprint density at radius 1 is 1.04 bits per heavy atom. The molecule has 0 aliphatic rings. The lowest BCUT2D eigenvalue weighted by molar-refractivity contribution is -0.124. The molecule has 0 bridgehead atoms. The predicted octanol–water partition coefficient (Wildman–Crippen LogP) is 2.99. The monoisotopic (exact) mass is 335 g/mol. The van der Waals surface area contributed by atoms with Crippen molar-refractivity contribution in [3.63, 3.8) is 0 Å². The summed E-state index contributed by atoms with van der Waals surface area (Å²) >= 11 is 5.79. The Bertz CT molecular complexity index is 671. The van der Waals surface area contributed by atoms with Crippen LogP contribution in [0.5, 0.6) is 0 Å². The molecule has 0 unspecified atom stereocenters. The summed E-state index contributed by atoms with van der Waals surface area (Å²) in [5.41, 5.74) is 1.23. The zero-order valence-electron chi connectivity index (χ0n) is 12.2. The zero-order valence-corrected chi connectivity index (χ0v) is 13.0. The molecule has 0 fully saturated rings. The van der Waals surface area contributed by atoms with Crippen molar-refractivity contribution in [3.05, 3.63) is 70.5 Å². The lowest BCUT2D eigenvalue weighted by atomic mass is 10.1. The molecule has 0 saturated carbocycles. The van der Waals surface area contributed by atoms with E-state index in [0.717, 1.165) is 17.7 Å². The standard InChI is InChI=1S/C17H15ClFNO3/c18-14-5-1-12(2-6-14)9-10-20-16(21)11-23-17(22)13-3-7-15(19)8-4-13/h1-8H,9-11H2,(H,20,21). The molecule has 2 rings (SSSR count). The molecule has 120 valence electrons. The Balaban J connectivity index is 1.69. The topological polar surface area (TPSA) is 55.4 Å². The molecule has 0 aliphatic heterocycles. The maximum absolute atomic E-state index is 12.7. The van der Waals surface area contributed by atoms with E-state index in [1.807, 2.05) is 12.1 Å². The van der Waals surface area contributed by atoms with Gasteiger partial charge in [-0.05, 0) is 48.4 Å². The van der Waals surface area contributed by atoms with Crippen LogP contribution in [0.4, 0.5) is 4.39 Å². The number of amides is 1. The number of esters is 1. The minimum Gasteiger partial charge on any atom is -0.452 e. The molecule has 2 aromatic rings. The first-order valence-electron chi connectivity index (χ1n) is 6.98. The van der Waals surface area contributed by atoms with Crippen molar-refractivity contribution in [1.29, 1.82) is 0 Å². The number of halogens is 2. The Hall–Kier alpha value is -2.40. The number of hydrogen-bond donors (Lipinski definition) is 1. The summed E-state index contributed by atoms with van der Waals surface area (Å²) in [6.07, 6.45) is 0.648. The van der Waals surface area contributed by atoms with Gasteiger partial charge in [-0.2, -0.15) is 0 Å². The minimum absolute atomic E-state index is 0.195. The second-order valence-corrected chi connectivity index (χ2v) is 5.25. The van der Waals surface area contributed by atoms with Crippen LogP contribution >= 0.6 is 11.6 Å². The number of carbonyl (C=O) groups excluding carboxylic acids is 2. The molecule has 0 saturated heterocycles. The highest BCUT2D eigenvalue weighted by molar-refractivity contribution is 6.30. The molecule has 6 heteroatoms. The van der Waals surface area contributed by atoms with Gasteiger partial charge in [-0.3, -0.25) is 4.79 Å². The fraction of sp³-hybridized carbons (Fsp3) is 0.176. The summed E-state index contributed by atoms with van der Waals surface area (Å²) < 4.78 is 17.6. The third-order valence-electron chi connectivity index (χ3n) is 3.06. The Labute approximate surface area is 138 Å².